The molecule has 0 amide bonds. The van der Waals surface area contributed by atoms with Crippen LogP contribution in [0.4, 0.5) is 5.88 Å². The monoisotopic (exact) mass is 303 g/mol. The summed E-state index contributed by atoms with van der Waals surface area (Å²) in [7, 11) is 2.64. The number of methoxy groups -OCH3 is 2. The van der Waals surface area contributed by atoms with E-state index in [1.54, 1.807) is 12.1 Å². The lowest BCUT2D eigenvalue weighted by Crippen LogP contribution is -2.07. The number of carbonyl (C=O) groups excluding carboxylic acids is 2. The number of benzene rings is 1. The Balaban J connectivity index is 2.07. The quantitative estimate of drug-likeness (QED) is 0.851. The Labute approximate surface area is 127 Å². The van der Waals surface area contributed by atoms with Crippen molar-refractivity contribution in [3.63, 3.8) is 0 Å². The Morgan fingerprint density at radius 2 is 1.68 bits per heavy atom. The van der Waals surface area contributed by atoms with E-state index in [2.05, 4.69) is 4.74 Å². The zero-order chi connectivity index (χ0) is 16.1. The fourth-order valence-corrected chi connectivity index (χ4v) is 2.13. The van der Waals surface area contributed by atoms with E-state index in [9.17, 15) is 9.59 Å². The standard InChI is InChI=1S/C16H17NO5/c1-20-15(18)11-6-3-10(4-7-11)5-8-12-9-22-14(17)13(12)16(19)21-2/h3-4,6-7,9H,5,8,17H2,1-2H3. The SMILES string of the molecule is COC(=O)c1ccc(CCc2coc(N)c2C(=O)OC)cc1. The number of anilines is 1. The highest BCUT2D eigenvalue weighted by Crippen LogP contribution is 2.22. The first-order valence-electron chi connectivity index (χ1n) is 6.68. The first-order valence-corrected chi connectivity index (χ1v) is 6.68. The topological polar surface area (TPSA) is 91.8 Å². The first-order chi connectivity index (χ1) is 10.6. The second-order valence-electron chi connectivity index (χ2n) is 4.68. The van der Waals surface area contributed by atoms with Gasteiger partial charge in [0, 0.05) is 5.56 Å². The van der Waals surface area contributed by atoms with Crippen molar-refractivity contribution in [3.05, 3.63) is 52.8 Å². The van der Waals surface area contributed by atoms with Gasteiger partial charge in [0.2, 0.25) is 5.88 Å². The lowest BCUT2D eigenvalue weighted by atomic mass is 10.0. The molecule has 6 heteroatoms. The summed E-state index contributed by atoms with van der Waals surface area (Å²) < 4.78 is 14.4. The van der Waals surface area contributed by atoms with E-state index in [0.29, 0.717) is 24.0 Å². The van der Waals surface area contributed by atoms with Gasteiger partial charge < -0.3 is 19.6 Å². The number of furan rings is 1. The van der Waals surface area contributed by atoms with Crippen LogP contribution in [0.3, 0.4) is 0 Å². The Bertz CT molecular complexity index is 672. The number of hydrogen-bond donors (Lipinski definition) is 1. The van der Waals surface area contributed by atoms with Crippen LogP contribution in [0.1, 0.15) is 31.8 Å². The molecule has 1 heterocycles. The molecule has 0 atom stereocenters. The van der Waals surface area contributed by atoms with Gasteiger partial charge in [-0.15, -0.1) is 0 Å². The molecule has 116 valence electrons. The lowest BCUT2D eigenvalue weighted by Gasteiger charge is -2.04. The van der Waals surface area contributed by atoms with Crippen LogP contribution in [-0.4, -0.2) is 26.2 Å². The smallest absolute Gasteiger partial charge is 0.343 e. The number of hydrogen-bond acceptors (Lipinski definition) is 6. The van der Waals surface area contributed by atoms with Crippen molar-refractivity contribution in [3.8, 4) is 0 Å². The lowest BCUT2D eigenvalue weighted by molar-refractivity contribution is 0.0591. The van der Waals surface area contributed by atoms with Gasteiger partial charge in [0.15, 0.2) is 0 Å². The molecule has 0 aliphatic heterocycles. The predicted molar refractivity (Wildman–Crippen MR) is 79.6 cm³/mol. The van der Waals surface area contributed by atoms with Gasteiger partial charge >= 0.3 is 11.9 Å². The molecule has 0 unspecified atom stereocenters. The fraction of sp³-hybridized carbons (Fsp3) is 0.250. The summed E-state index contributed by atoms with van der Waals surface area (Å²) in [6.45, 7) is 0. The van der Waals surface area contributed by atoms with E-state index in [1.165, 1.54) is 20.5 Å². The van der Waals surface area contributed by atoms with Crippen molar-refractivity contribution in [2.45, 2.75) is 12.8 Å². The van der Waals surface area contributed by atoms with Gasteiger partial charge in [-0.25, -0.2) is 9.59 Å². The third-order valence-electron chi connectivity index (χ3n) is 3.34. The molecular formula is C16H17NO5. The third-order valence-corrected chi connectivity index (χ3v) is 3.34. The van der Waals surface area contributed by atoms with Gasteiger partial charge in [0.25, 0.3) is 0 Å². The fourth-order valence-electron chi connectivity index (χ4n) is 2.13. The number of esters is 2. The van der Waals surface area contributed by atoms with Crippen LogP contribution >= 0.6 is 0 Å². The number of ether oxygens (including phenoxy) is 2. The molecule has 1 aromatic heterocycles. The molecule has 2 N–H and O–H groups in total. The van der Waals surface area contributed by atoms with Crippen LogP contribution in [0.15, 0.2) is 34.9 Å². The highest BCUT2D eigenvalue weighted by atomic mass is 16.5. The summed E-state index contributed by atoms with van der Waals surface area (Å²) in [6.07, 6.45) is 2.71. The molecule has 0 aliphatic rings. The maximum atomic E-state index is 11.7. The summed E-state index contributed by atoms with van der Waals surface area (Å²) in [4.78, 5) is 23.0. The summed E-state index contributed by atoms with van der Waals surface area (Å²) in [5, 5.41) is 0. The Hall–Kier alpha value is -2.76. The largest absolute Gasteiger partial charge is 0.465 e. The molecule has 0 spiro atoms. The van der Waals surface area contributed by atoms with Crippen LogP contribution in [0, 0.1) is 0 Å². The van der Waals surface area contributed by atoms with Gasteiger partial charge in [-0.1, -0.05) is 12.1 Å². The van der Waals surface area contributed by atoms with Crippen LogP contribution in [-0.2, 0) is 22.3 Å². The molecule has 0 aliphatic carbocycles. The molecule has 1 aromatic carbocycles. The molecule has 0 fully saturated rings. The third kappa shape index (κ3) is 3.28. The molecule has 0 radical (unpaired) electrons. The van der Waals surface area contributed by atoms with E-state index < -0.39 is 5.97 Å². The molecule has 0 bridgehead atoms. The van der Waals surface area contributed by atoms with Gasteiger partial charge in [-0.05, 0) is 30.5 Å². The number of carbonyl (C=O) groups is 2. The van der Waals surface area contributed by atoms with E-state index in [4.69, 9.17) is 14.9 Å². The van der Waals surface area contributed by atoms with E-state index in [0.717, 1.165) is 5.56 Å². The molecular weight excluding hydrogens is 286 g/mol. The molecule has 6 nitrogen and oxygen atoms in total. The summed E-state index contributed by atoms with van der Waals surface area (Å²) in [5.74, 6) is -0.827. The number of nitrogen functional groups attached to an aromatic ring is 1. The second-order valence-corrected chi connectivity index (χ2v) is 4.68. The van der Waals surface area contributed by atoms with Crippen molar-refractivity contribution in [1.82, 2.24) is 0 Å². The minimum Gasteiger partial charge on any atom is -0.465 e. The maximum absolute atomic E-state index is 11.7. The van der Waals surface area contributed by atoms with Crippen LogP contribution in [0.5, 0.6) is 0 Å². The molecule has 2 rings (SSSR count). The number of rotatable bonds is 5. The zero-order valence-corrected chi connectivity index (χ0v) is 12.4. The summed E-state index contributed by atoms with van der Waals surface area (Å²) >= 11 is 0. The van der Waals surface area contributed by atoms with Gasteiger partial charge in [0.05, 0.1) is 26.0 Å². The van der Waals surface area contributed by atoms with E-state index in [-0.39, 0.29) is 17.4 Å². The molecule has 0 saturated heterocycles. The summed E-state index contributed by atoms with van der Waals surface area (Å²) in [5.41, 5.74) is 8.12. The molecule has 22 heavy (non-hydrogen) atoms. The minimum atomic E-state index is -0.512. The average Bonchev–Trinajstić information content (AvgIpc) is 2.92. The van der Waals surface area contributed by atoms with Gasteiger partial charge in [-0.3, -0.25) is 0 Å². The van der Waals surface area contributed by atoms with Crippen LogP contribution in [0.2, 0.25) is 0 Å². The normalized spacial score (nSPS) is 10.3. The number of nitrogens with two attached hydrogens (primary N) is 1. The highest BCUT2D eigenvalue weighted by molar-refractivity contribution is 5.95. The van der Waals surface area contributed by atoms with Crippen molar-refractivity contribution >= 4 is 17.8 Å². The minimum absolute atomic E-state index is 0.0582. The van der Waals surface area contributed by atoms with Crippen molar-refractivity contribution < 1.29 is 23.5 Å². The maximum Gasteiger partial charge on any atom is 0.343 e. The predicted octanol–water partition coefficient (Wildman–Crippen LogP) is 2.22. The summed E-state index contributed by atoms with van der Waals surface area (Å²) in [6, 6.07) is 7.08. The molecule has 0 saturated carbocycles. The van der Waals surface area contributed by atoms with Crippen molar-refractivity contribution in [2.24, 2.45) is 0 Å². The van der Waals surface area contributed by atoms with E-state index in [1.807, 2.05) is 12.1 Å². The van der Waals surface area contributed by atoms with Gasteiger partial charge in [0.1, 0.15) is 5.56 Å². The van der Waals surface area contributed by atoms with Crippen LogP contribution < -0.4 is 5.73 Å². The highest BCUT2D eigenvalue weighted by Gasteiger charge is 2.19. The Morgan fingerprint density at radius 1 is 1.05 bits per heavy atom. The van der Waals surface area contributed by atoms with E-state index >= 15 is 0 Å². The van der Waals surface area contributed by atoms with Crippen molar-refractivity contribution in [2.75, 3.05) is 20.0 Å². The molecule has 2 aromatic rings. The van der Waals surface area contributed by atoms with Gasteiger partial charge in [-0.2, -0.15) is 0 Å². The Kier molecular flexibility index (Phi) is 4.83. The van der Waals surface area contributed by atoms with Crippen LogP contribution in [0.25, 0.3) is 0 Å². The number of aryl methyl sites for hydroxylation is 2. The first kappa shape index (κ1) is 15.6. The Morgan fingerprint density at radius 3 is 2.27 bits per heavy atom. The second kappa shape index (κ2) is 6.80. The average molecular weight is 303 g/mol. The zero-order valence-electron chi connectivity index (χ0n) is 12.4. The van der Waals surface area contributed by atoms with Crippen molar-refractivity contribution in [1.29, 1.82) is 0 Å².